The van der Waals surface area contributed by atoms with Crippen molar-refractivity contribution in [1.82, 2.24) is 25.5 Å². The molecule has 0 aliphatic carbocycles. The first kappa shape index (κ1) is 19.1. The Hall–Kier alpha value is -2.67. The number of nitrogens with one attached hydrogen (secondary N) is 1. The number of thioether (sulfide) groups is 1. The predicted octanol–water partition coefficient (Wildman–Crippen LogP) is 3.29. The van der Waals surface area contributed by atoms with E-state index in [1.54, 1.807) is 4.68 Å². The summed E-state index contributed by atoms with van der Waals surface area (Å²) in [6.07, 6.45) is 0. The zero-order valence-electron chi connectivity index (χ0n) is 15.7. The van der Waals surface area contributed by atoms with E-state index in [1.165, 1.54) is 22.9 Å². The largest absolute Gasteiger partial charge is 0.355 e. The van der Waals surface area contributed by atoms with E-state index in [9.17, 15) is 4.79 Å². The van der Waals surface area contributed by atoms with Gasteiger partial charge in [0.25, 0.3) is 0 Å². The highest BCUT2D eigenvalue weighted by Crippen LogP contribution is 2.21. The Kier molecular flexibility index (Phi) is 6.24. The van der Waals surface area contributed by atoms with Gasteiger partial charge in [-0.3, -0.25) is 4.79 Å². The minimum atomic E-state index is -0.0297. The molecule has 0 fully saturated rings. The SMILES string of the molecule is Cc1ccc(-n2nnnc2SCC(=O)NC[C@@H](C)c2ccccc2)c(C)c1. The standard InChI is InChI=1S/C20H23N5OS/c1-14-9-10-18(15(2)11-14)25-20(22-23-24-25)27-13-19(26)21-12-16(3)17-7-5-4-6-8-17/h4-11,16H,12-13H2,1-3H3,(H,21,26)/t16-/m1/s1. The second-order valence-electron chi connectivity index (χ2n) is 6.57. The zero-order chi connectivity index (χ0) is 19.2. The van der Waals surface area contributed by atoms with Crippen LogP contribution in [0.5, 0.6) is 0 Å². The Morgan fingerprint density at radius 3 is 2.70 bits per heavy atom. The van der Waals surface area contributed by atoms with Gasteiger partial charge in [0.1, 0.15) is 0 Å². The molecule has 0 bridgehead atoms. The number of tetrazole rings is 1. The van der Waals surface area contributed by atoms with E-state index in [0.29, 0.717) is 11.7 Å². The molecule has 1 N–H and O–H groups in total. The van der Waals surface area contributed by atoms with Crippen LogP contribution >= 0.6 is 11.8 Å². The van der Waals surface area contributed by atoms with E-state index in [0.717, 1.165) is 11.3 Å². The number of hydrogen-bond acceptors (Lipinski definition) is 5. The lowest BCUT2D eigenvalue weighted by Gasteiger charge is -2.13. The first-order valence-corrected chi connectivity index (χ1v) is 9.83. The maximum Gasteiger partial charge on any atom is 0.230 e. The first-order valence-electron chi connectivity index (χ1n) is 8.85. The van der Waals surface area contributed by atoms with Gasteiger partial charge in [-0.25, -0.2) is 0 Å². The summed E-state index contributed by atoms with van der Waals surface area (Å²) in [6.45, 7) is 6.78. The molecular weight excluding hydrogens is 358 g/mol. The summed E-state index contributed by atoms with van der Waals surface area (Å²) >= 11 is 1.33. The highest BCUT2D eigenvalue weighted by Gasteiger charge is 2.14. The molecule has 6 nitrogen and oxygen atoms in total. The number of aryl methyl sites for hydroxylation is 2. The smallest absolute Gasteiger partial charge is 0.230 e. The van der Waals surface area contributed by atoms with Crippen molar-refractivity contribution in [1.29, 1.82) is 0 Å². The van der Waals surface area contributed by atoms with Crippen LogP contribution in [0.4, 0.5) is 0 Å². The fraction of sp³-hybridized carbons (Fsp3) is 0.300. The van der Waals surface area contributed by atoms with Crippen LogP contribution in [0, 0.1) is 13.8 Å². The molecule has 140 valence electrons. The molecule has 0 aliphatic heterocycles. The van der Waals surface area contributed by atoms with Crippen LogP contribution in [0.15, 0.2) is 53.7 Å². The summed E-state index contributed by atoms with van der Waals surface area (Å²) < 4.78 is 1.68. The topological polar surface area (TPSA) is 72.7 Å². The van der Waals surface area contributed by atoms with Crippen molar-refractivity contribution < 1.29 is 4.79 Å². The van der Waals surface area contributed by atoms with Crippen LogP contribution in [0.25, 0.3) is 5.69 Å². The van der Waals surface area contributed by atoms with Crippen LogP contribution < -0.4 is 5.32 Å². The summed E-state index contributed by atoms with van der Waals surface area (Å²) in [6, 6.07) is 16.3. The van der Waals surface area contributed by atoms with Crippen molar-refractivity contribution in [3.05, 3.63) is 65.2 Å². The van der Waals surface area contributed by atoms with E-state index in [1.807, 2.05) is 44.2 Å². The Labute approximate surface area is 163 Å². The van der Waals surface area contributed by atoms with Crippen molar-refractivity contribution in [2.45, 2.75) is 31.8 Å². The average Bonchev–Trinajstić information content (AvgIpc) is 3.13. The first-order chi connectivity index (χ1) is 13.0. The number of nitrogens with zero attached hydrogens (tertiary/aromatic N) is 4. The third kappa shape index (κ3) is 4.95. The third-order valence-electron chi connectivity index (χ3n) is 4.33. The molecule has 0 saturated carbocycles. The van der Waals surface area contributed by atoms with Crippen molar-refractivity contribution >= 4 is 17.7 Å². The fourth-order valence-electron chi connectivity index (χ4n) is 2.81. The molecule has 27 heavy (non-hydrogen) atoms. The van der Waals surface area contributed by atoms with Crippen molar-refractivity contribution in [3.63, 3.8) is 0 Å². The van der Waals surface area contributed by atoms with Gasteiger partial charge in [-0.2, -0.15) is 4.68 Å². The van der Waals surface area contributed by atoms with Gasteiger partial charge in [0.05, 0.1) is 11.4 Å². The molecule has 3 rings (SSSR count). The quantitative estimate of drug-likeness (QED) is 0.636. The summed E-state index contributed by atoms with van der Waals surface area (Å²) in [5, 5.41) is 15.5. The number of rotatable bonds is 7. The lowest BCUT2D eigenvalue weighted by atomic mass is 10.0. The van der Waals surface area contributed by atoms with Crippen molar-refractivity contribution in [2.75, 3.05) is 12.3 Å². The monoisotopic (exact) mass is 381 g/mol. The second kappa shape index (κ2) is 8.81. The molecule has 1 amide bonds. The van der Waals surface area contributed by atoms with Gasteiger partial charge in [0, 0.05) is 6.54 Å². The fourth-order valence-corrected chi connectivity index (χ4v) is 3.52. The Bertz CT molecular complexity index is 910. The van der Waals surface area contributed by atoms with Gasteiger partial charge in [-0.05, 0) is 47.4 Å². The van der Waals surface area contributed by atoms with Crippen LogP contribution in [0.3, 0.4) is 0 Å². The van der Waals surface area contributed by atoms with Crippen LogP contribution in [0.2, 0.25) is 0 Å². The molecule has 0 spiro atoms. The van der Waals surface area contributed by atoms with Crippen LogP contribution in [0.1, 0.15) is 29.5 Å². The summed E-state index contributed by atoms with van der Waals surface area (Å²) in [5.41, 5.74) is 4.41. The van der Waals surface area contributed by atoms with Crippen molar-refractivity contribution in [2.24, 2.45) is 0 Å². The van der Waals surface area contributed by atoms with E-state index in [2.05, 4.69) is 46.0 Å². The van der Waals surface area contributed by atoms with E-state index in [4.69, 9.17) is 0 Å². The Morgan fingerprint density at radius 1 is 1.19 bits per heavy atom. The van der Waals surface area contributed by atoms with Gasteiger partial charge in [-0.15, -0.1) is 5.10 Å². The predicted molar refractivity (Wildman–Crippen MR) is 107 cm³/mol. The molecule has 7 heteroatoms. The molecule has 1 aromatic heterocycles. The van der Waals surface area contributed by atoms with Crippen LogP contribution in [-0.2, 0) is 4.79 Å². The summed E-state index contributed by atoms with van der Waals surface area (Å²) in [5.74, 6) is 0.505. The zero-order valence-corrected chi connectivity index (χ0v) is 16.5. The van der Waals surface area contributed by atoms with Gasteiger partial charge in [0.15, 0.2) is 0 Å². The average molecular weight is 382 g/mol. The Balaban J connectivity index is 1.56. The van der Waals surface area contributed by atoms with Gasteiger partial charge in [0.2, 0.25) is 11.1 Å². The number of carbonyl (C=O) groups is 1. The number of amides is 1. The molecule has 0 aliphatic rings. The minimum absolute atomic E-state index is 0.0297. The molecule has 1 atom stereocenters. The highest BCUT2D eigenvalue weighted by molar-refractivity contribution is 7.99. The maximum absolute atomic E-state index is 12.2. The van der Waals surface area contributed by atoms with Crippen LogP contribution in [-0.4, -0.2) is 38.4 Å². The van der Waals surface area contributed by atoms with E-state index in [-0.39, 0.29) is 17.6 Å². The van der Waals surface area contributed by atoms with E-state index < -0.39 is 0 Å². The third-order valence-corrected chi connectivity index (χ3v) is 5.25. The van der Waals surface area contributed by atoms with Gasteiger partial charge in [-0.1, -0.05) is 66.7 Å². The number of aromatic nitrogens is 4. The van der Waals surface area contributed by atoms with Gasteiger partial charge < -0.3 is 5.32 Å². The highest BCUT2D eigenvalue weighted by atomic mass is 32.2. The van der Waals surface area contributed by atoms with E-state index >= 15 is 0 Å². The molecule has 2 aromatic carbocycles. The maximum atomic E-state index is 12.2. The number of hydrogen-bond donors (Lipinski definition) is 1. The molecule has 1 heterocycles. The second-order valence-corrected chi connectivity index (χ2v) is 7.51. The molecule has 0 radical (unpaired) electrons. The lowest BCUT2D eigenvalue weighted by molar-refractivity contribution is -0.118. The normalized spacial score (nSPS) is 12.0. The lowest BCUT2D eigenvalue weighted by Crippen LogP contribution is -2.29. The minimum Gasteiger partial charge on any atom is -0.355 e. The van der Waals surface area contributed by atoms with Crippen molar-refractivity contribution in [3.8, 4) is 5.69 Å². The summed E-state index contributed by atoms with van der Waals surface area (Å²) in [4.78, 5) is 12.2. The number of benzene rings is 2. The summed E-state index contributed by atoms with van der Waals surface area (Å²) in [7, 11) is 0. The molecule has 3 aromatic rings. The Morgan fingerprint density at radius 2 is 1.96 bits per heavy atom. The molecule has 0 unspecified atom stereocenters. The molecular formula is C20H23N5OS. The van der Waals surface area contributed by atoms with Gasteiger partial charge >= 0.3 is 0 Å². The number of carbonyl (C=O) groups excluding carboxylic acids is 1. The molecule has 0 saturated heterocycles.